The lowest BCUT2D eigenvalue weighted by Crippen LogP contribution is -2.28. The Morgan fingerprint density at radius 1 is 1.57 bits per heavy atom. The van der Waals surface area contributed by atoms with Crippen LogP contribution in [-0.4, -0.2) is 11.7 Å². The number of thiocarbonyl (C=S) groups is 1. The Hall–Kier alpha value is 0.120. The highest BCUT2D eigenvalue weighted by Gasteiger charge is 2.01. The lowest BCUT2D eigenvalue weighted by Gasteiger charge is -2.10. The molecular weight excluding hydrogens is 375 g/mol. The Morgan fingerprint density at radius 2 is 2.29 bits per heavy atom. The molecule has 0 aromatic heterocycles. The smallest absolute Gasteiger partial charge is 0.170 e. The normalized spacial score (nSPS) is 9.64. The molecule has 0 aliphatic heterocycles. The van der Waals surface area contributed by atoms with Gasteiger partial charge in [-0.1, -0.05) is 0 Å². The van der Waals surface area contributed by atoms with Gasteiger partial charge in [-0.05, 0) is 75.9 Å². The van der Waals surface area contributed by atoms with Crippen LogP contribution in [0, 0.1) is 3.57 Å². The van der Waals surface area contributed by atoms with Crippen molar-refractivity contribution in [3.05, 3.63) is 26.2 Å². The Balaban J connectivity index is 2.75. The van der Waals surface area contributed by atoms with Crippen molar-refractivity contribution in [3.63, 3.8) is 0 Å². The molecule has 76 valence electrons. The van der Waals surface area contributed by atoms with Crippen molar-refractivity contribution < 1.29 is 0 Å². The number of anilines is 1. The third-order valence-corrected chi connectivity index (χ3v) is 3.12. The minimum absolute atomic E-state index is 0.648. The molecule has 2 nitrogen and oxygen atoms in total. The molecule has 14 heavy (non-hydrogen) atoms. The summed E-state index contributed by atoms with van der Waals surface area (Å²) in [4.78, 5) is 0. The summed E-state index contributed by atoms with van der Waals surface area (Å²) >= 11 is 10.8. The van der Waals surface area contributed by atoms with Gasteiger partial charge in [-0.2, -0.15) is 0 Å². The molecule has 1 aromatic carbocycles. The second-order valence-electron chi connectivity index (χ2n) is 2.61. The Labute approximate surface area is 111 Å². The first-order valence-electron chi connectivity index (χ1n) is 4.13. The molecule has 0 fully saturated rings. The van der Waals surface area contributed by atoms with Crippen LogP contribution in [0.1, 0.15) is 6.92 Å². The third kappa shape index (κ3) is 3.70. The Morgan fingerprint density at radius 3 is 2.93 bits per heavy atom. The van der Waals surface area contributed by atoms with E-state index in [1.54, 1.807) is 0 Å². The molecule has 2 N–H and O–H groups in total. The molecule has 5 heteroatoms. The second-order valence-corrected chi connectivity index (χ2v) is 5.12. The van der Waals surface area contributed by atoms with Crippen molar-refractivity contribution in [2.45, 2.75) is 6.92 Å². The number of hydrogen-bond donors (Lipinski definition) is 2. The highest BCUT2D eigenvalue weighted by atomic mass is 127. The highest BCUT2D eigenvalue weighted by molar-refractivity contribution is 14.1. The second kappa shape index (κ2) is 5.87. The van der Waals surface area contributed by atoms with Gasteiger partial charge in [0.2, 0.25) is 0 Å². The van der Waals surface area contributed by atoms with Gasteiger partial charge in [0.15, 0.2) is 5.11 Å². The molecular formula is C9H10BrIN2S. The zero-order chi connectivity index (χ0) is 10.6. The van der Waals surface area contributed by atoms with Crippen LogP contribution in [0.4, 0.5) is 5.69 Å². The number of benzene rings is 1. The minimum Gasteiger partial charge on any atom is -0.363 e. The predicted octanol–water partition coefficient (Wildman–Crippen LogP) is 3.36. The molecule has 0 aliphatic carbocycles. The molecule has 0 amide bonds. The van der Waals surface area contributed by atoms with E-state index in [9.17, 15) is 0 Å². The summed E-state index contributed by atoms with van der Waals surface area (Å²) in [5, 5.41) is 6.81. The standard InChI is InChI=1S/C9H10BrIN2S/c1-2-12-9(14)13-8-5-6(11)3-4-7(8)10/h3-5H,2H2,1H3,(H2,12,13,14). The summed E-state index contributed by atoms with van der Waals surface area (Å²) in [6.45, 7) is 2.84. The van der Waals surface area contributed by atoms with Crippen LogP contribution in [0.25, 0.3) is 0 Å². The molecule has 0 bridgehead atoms. The van der Waals surface area contributed by atoms with Crippen LogP contribution >= 0.6 is 50.7 Å². The Kier molecular flexibility index (Phi) is 5.11. The van der Waals surface area contributed by atoms with Gasteiger partial charge >= 0.3 is 0 Å². The van der Waals surface area contributed by atoms with Crippen LogP contribution in [0.5, 0.6) is 0 Å². The van der Waals surface area contributed by atoms with Crippen molar-refractivity contribution in [2.24, 2.45) is 0 Å². The summed E-state index contributed by atoms with van der Waals surface area (Å²) in [7, 11) is 0. The topological polar surface area (TPSA) is 24.1 Å². The largest absolute Gasteiger partial charge is 0.363 e. The molecule has 0 spiro atoms. The van der Waals surface area contributed by atoms with E-state index >= 15 is 0 Å². The fourth-order valence-corrected chi connectivity index (χ4v) is 2.01. The fourth-order valence-electron chi connectivity index (χ4n) is 0.920. The van der Waals surface area contributed by atoms with Crippen LogP contribution in [-0.2, 0) is 0 Å². The van der Waals surface area contributed by atoms with E-state index in [1.807, 2.05) is 25.1 Å². The van der Waals surface area contributed by atoms with E-state index in [0.29, 0.717) is 5.11 Å². The van der Waals surface area contributed by atoms with E-state index in [4.69, 9.17) is 12.2 Å². The van der Waals surface area contributed by atoms with Crippen molar-refractivity contribution >= 4 is 61.5 Å². The maximum atomic E-state index is 5.09. The third-order valence-electron chi connectivity index (χ3n) is 1.51. The maximum absolute atomic E-state index is 5.09. The summed E-state index contributed by atoms with van der Waals surface area (Å²) in [6, 6.07) is 6.07. The first-order chi connectivity index (χ1) is 6.63. The molecule has 0 heterocycles. The number of hydrogen-bond acceptors (Lipinski definition) is 1. The van der Waals surface area contributed by atoms with Gasteiger partial charge in [-0.25, -0.2) is 0 Å². The molecule has 1 rings (SSSR count). The number of nitrogens with one attached hydrogen (secondary N) is 2. The van der Waals surface area contributed by atoms with Crippen LogP contribution in [0.2, 0.25) is 0 Å². The maximum Gasteiger partial charge on any atom is 0.170 e. The van der Waals surface area contributed by atoms with Gasteiger partial charge in [0.25, 0.3) is 0 Å². The predicted molar refractivity (Wildman–Crippen MR) is 76.8 cm³/mol. The summed E-state index contributed by atoms with van der Waals surface area (Å²) in [5.74, 6) is 0. The molecule has 0 atom stereocenters. The van der Waals surface area contributed by atoms with E-state index in [0.717, 1.165) is 16.7 Å². The minimum atomic E-state index is 0.648. The van der Waals surface area contributed by atoms with Gasteiger partial charge in [0.1, 0.15) is 0 Å². The fraction of sp³-hybridized carbons (Fsp3) is 0.222. The number of halogens is 2. The Bertz CT molecular complexity index is 344. The van der Waals surface area contributed by atoms with Crippen molar-refractivity contribution in [1.82, 2.24) is 5.32 Å². The molecule has 0 aliphatic rings. The summed E-state index contributed by atoms with van der Waals surface area (Å²) in [6.07, 6.45) is 0. The van der Waals surface area contributed by atoms with Crippen molar-refractivity contribution in [1.29, 1.82) is 0 Å². The molecule has 0 radical (unpaired) electrons. The van der Waals surface area contributed by atoms with Crippen molar-refractivity contribution in [2.75, 3.05) is 11.9 Å². The zero-order valence-corrected chi connectivity index (χ0v) is 12.2. The quantitative estimate of drug-likeness (QED) is 0.603. The lowest BCUT2D eigenvalue weighted by molar-refractivity contribution is 0.979. The monoisotopic (exact) mass is 384 g/mol. The van der Waals surface area contributed by atoms with Crippen molar-refractivity contribution in [3.8, 4) is 0 Å². The number of rotatable bonds is 2. The highest BCUT2D eigenvalue weighted by Crippen LogP contribution is 2.24. The van der Waals surface area contributed by atoms with Gasteiger partial charge in [-0.3, -0.25) is 0 Å². The first-order valence-corrected chi connectivity index (χ1v) is 6.41. The van der Waals surface area contributed by atoms with Gasteiger partial charge in [0.05, 0.1) is 5.69 Å². The molecule has 1 aromatic rings. The zero-order valence-electron chi connectivity index (χ0n) is 7.60. The van der Waals surface area contributed by atoms with Gasteiger partial charge < -0.3 is 10.6 Å². The molecule has 0 saturated carbocycles. The average Bonchev–Trinajstić information content (AvgIpc) is 2.12. The summed E-state index contributed by atoms with van der Waals surface area (Å²) in [5.41, 5.74) is 0.989. The van der Waals surface area contributed by atoms with Crippen LogP contribution in [0.15, 0.2) is 22.7 Å². The SMILES string of the molecule is CCNC(=S)Nc1cc(I)ccc1Br. The average molecular weight is 385 g/mol. The van der Waals surface area contributed by atoms with E-state index < -0.39 is 0 Å². The van der Waals surface area contributed by atoms with Gasteiger partial charge in [-0.15, -0.1) is 0 Å². The van der Waals surface area contributed by atoms with E-state index in [1.165, 1.54) is 3.57 Å². The summed E-state index contributed by atoms with van der Waals surface area (Å²) < 4.78 is 2.19. The first kappa shape index (κ1) is 12.2. The van der Waals surface area contributed by atoms with Crippen LogP contribution in [0.3, 0.4) is 0 Å². The van der Waals surface area contributed by atoms with Gasteiger partial charge in [0, 0.05) is 14.6 Å². The van der Waals surface area contributed by atoms with E-state index in [2.05, 4.69) is 49.2 Å². The van der Waals surface area contributed by atoms with E-state index in [-0.39, 0.29) is 0 Å². The van der Waals surface area contributed by atoms with Crippen LogP contribution < -0.4 is 10.6 Å². The molecule has 0 unspecified atom stereocenters. The lowest BCUT2D eigenvalue weighted by atomic mass is 10.3. The molecule has 0 saturated heterocycles.